The number of hydrogen-bond acceptors (Lipinski definition) is 3. The van der Waals surface area contributed by atoms with Crippen LogP contribution in [-0.4, -0.2) is 59.0 Å². The lowest BCUT2D eigenvalue weighted by Crippen LogP contribution is -2.51. The van der Waals surface area contributed by atoms with Crippen molar-refractivity contribution in [1.29, 1.82) is 0 Å². The van der Waals surface area contributed by atoms with Crippen LogP contribution in [0.15, 0.2) is 0 Å². The first-order chi connectivity index (χ1) is 9.58. The zero-order chi connectivity index (χ0) is 14.5. The number of carboxylic acid groups (broad SMARTS) is 1. The molecule has 0 aliphatic carbocycles. The number of carbonyl (C=O) groups excluding carboxylic acids is 1. The molecule has 1 N–H and O–H groups in total. The Morgan fingerprint density at radius 1 is 1.15 bits per heavy atom. The van der Waals surface area contributed by atoms with Gasteiger partial charge in [0.25, 0.3) is 0 Å². The molecule has 0 saturated carbocycles. The van der Waals surface area contributed by atoms with Crippen molar-refractivity contribution in [2.24, 2.45) is 5.92 Å². The van der Waals surface area contributed by atoms with Crippen molar-refractivity contribution < 1.29 is 14.7 Å². The Bertz CT molecular complexity index is 353. The second-order valence-corrected chi connectivity index (χ2v) is 6.16. The van der Waals surface area contributed by atoms with Gasteiger partial charge in [-0.3, -0.25) is 14.5 Å². The van der Waals surface area contributed by atoms with E-state index in [0.29, 0.717) is 0 Å². The second-order valence-electron chi connectivity index (χ2n) is 6.16. The molecule has 0 radical (unpaired) electrons. The van der Waals surface area contributed by atoms with Crippen LogP contribution in [0, 0.1) is 5.92 Å². The molecule has 114 valence electrons. The molecular formula is C15H26N2O3. The summed E-state index contributed by atoms with van der Waals surface area (Å²) in [6.45, 7) is 5.40. The minimum Gasteiger partial charge on any atom is -0.481 e. The highest BCUT2D eigenvalue weighted by Gasteiger charge is 2.31. The fourth-order valence-electron chi connectivity index (χ4n) is 3.40. The van der Waals surface area contributed by atoms with Gasteiger partial charge < -0.3 is 10.0 Å². The summed E-state index contributed by atoms with van der Waals surface area (Å²) >= 11 is 0. The summed E-state index contributed by atoms with van der Waals surface area (Å²) in [7, 11) is 0. The van der Waals surface area contributed by atoms with Crippen LogP contribution in [0.1, 0.15) is 45.4 Å². The molecule has 0 aromatic heterocycles. The minimum absolute atomic E-state index is 0.107. The summed E-state index contributed by atoms with van der Waals surface area (Å²) in [5.74, 6) is -0.314. The summed E-state index contributed by atoms with van der Waals surface area (Å²) in [5, 5.41) is 8.91. The summed E-state index contributed by atoms with van der Waals surface area (Å²) in [6, 6.07) is -0.107. The first-order valence-electron chi connectivity index (χ1n) is 7.82. The van der Waals surface area contributed by atoms with E-state index in [4.69, 9.17) is 5.11 Å². The molecule has 0 aromatic rings. The number of rotatable bonds is 4. The highest BCUT2D eigenvalue weighted by atomic mass is 16.4. The highest BCUT2D eigenvalue weighted by Crippen LogP contribution is 2.22. The number of aliphatic carboxylic acids is 1. The van der Waals surface area contributed by atoms with Crippen LogP contribution in [-0.2, 0) is 9.59 Å². The Kier molecular flexibility index (Phi) is 5.40. The summed E-state index contributed by atoms with van der Waals surface area (Å²) < 4.78 is 0. The van der Waals surface area contributed by atoms with Gasteiger partial charge in [-0.1, -0.05) is 0 Å². The normalized spacial score (nSPS) is 26.2. The molecule has 2 aliphatic heterocycles. The van der Waals surface area contributed by atoms with Crippen LogP contribution in [0.3, 0.4) is 0 Å². The van der Waals surface area contributed by atoms with Crippen LogP contribution < -0.4 is 0 Å². The average molecular weight is 282 g/mol. The maximum atomic E-state index is 12.5. The Morgan fingerprint density at radius 3 is 2.50 bits per heavy atom. The van der Waals surface area contributed by atoms with E-state index in [1.807, 2.05) is 11.8 Å². The highest BCUT2D eigenvalue weighted by molar-refractivity contribution is 5.81. The fourth-order valence-corrected chi connectivity index (χ4v) is 3.40. The first-order valence-corrected chi connectivity index (χ1v) is 7.82. The van der Waals surface area contributed by atoms with Gasteiger partial charge in [0.05, 0.1) is 6.04 Å². The van der Waals surface area contributed by atoms with Gasteiger partial charge in [0, 0.05) is 26.1 Å². The number of carbonyl (C=O) groups is 2. The van der Waals surface area contributed by atoms with Gasteiger partial charge in [0.1, 0.15) is 0 Å². The number of amides is 1. The Balaban J connectivity index is 1.88. The van der Waals surface area contributed by atoms with Gasteiger partial charge in [-0.25, -0.2) is 0 Å². The number of nitrogens with zero attached hydrogens (tertiary/aromatic N) is 2. The summed E-state index contributed by atoms with van der Waals surface area (Å²) in [6.07, 6.45) is 5.63. The molecule has 2 unspecified atom stereocenters. The van der Waals surface area contributed by atoms with Gasteiger partial charge >= 0.3 is 5.97 Å². The second kappa shape index (κ2) is 7.07. The van der Waals surface area contributed by atoms with Gasteiger partial charge in [0.15, 0.2) is 0 Å². The largest absolute Gasteiger partial charge is 0.481 e. The van der Waals surface area contributed by atoms with E-state index in [1.165, 1.54) is 6.42 Å². The minimum atomic E-state index is -0.730. The van der Waals surface area contributed by atoms with E-state index in [2.05, 4.69) is 4.90 Å². The molecule has 2 saturated heterocycles. The van der Waals surface area contributed by atoms with Crippen LogP contribution >= 0.6 is 0 Å². The van der Waals surface area contributed by atoms with Crippen molar-refractivity contribution in [2.75, 3.05) is 26.2 Å². The molecule has 2 atom stereocenters. The van der Waals surface area contributed by atoms with E-state index < -0.39 is 5.97 Å². The van der Waals surface area contributed by atoms with Crippen molar-refractivity contribution >= 4 is 11.9 Å². The predicted octanol–water partition coefficient (Wildman–Crippen LogP) is 1.57. The summed E-state index contributed by atoms with van der Waals surface area (Å²) in [4.78, 5) is 27.5. The zero-order valence-corrected chi connectivity index (χ0v) is 12.4. The third-order valence-corrected chi connectivity index (χ3v) is 4.59. The smallest absolute Gasteiger partial charge is 0.303 e. The van der Waals surface area contributed by atoms with Crippen LogP contribution in [0.25, 0.3) is 0 Å². The van der Waals surface area contributed by atoms with Crippen molar-refractivity contribution in [2.45, 2.75) is 51.5 Å². The third-order valence-electron chi connectivity index (χ3n) is 4.59. The molecular weight excluding hydrogens is 256 g/mol. The van der Waals surface area contributed by atoms with Gasteiger partial charge in [-0.05, 0) is 51.5 Å². The molecule has 0 aromatic carbocycles. The SMILES string of the molecule is CC(C(=O)N1CCCCC1)N1CCCC(CC(=O)O)C1. The lowest BCUT2D eigenvalue weighted by molar-refractivity contribution is -0.139. The standard InChI is InChI=1S/C15H26N2O3/c1-12(15(20)16-7-3-2-4-8-16)17-9-5-6-13(11-17)10-14(18)19/h12-13H,2-11H2,1H3,(H,18,19). The predicted molar refractivity (Wildman–Crippen MR) is 76.4 cm³/mol. The lowest BCUT2D eigenvalue weighted by atomic mass is 9.93. The van der Waals surface area contributed by atoms with Crippen molar-refractivity contribution in [1.82, 2.24) is 9.80 Å². The number of hydrogen-bond donors (Lipinski definition) is 1. The maximum Gasteiger partial charge on any atom is 0.303 e. The fraction of sp³-hybridized carbons (Fsp3) is 0.867. The Morgan fingerprint density at radius 2 is 1.85 bits per heavy atom. The molecule has 5 heteroatoms. The van der Waals surface area contributed by atoms with E-state index in [0.717, 1.165) is 51.9 Å². The van der Waals surface area contributed by atoms with Gasteiger partial charge in [0.2, 0.25) is 5.91 Å². The quantitative estimate of drug-likeness (QED) is 0.850. The Hall–Kier alpha value is -1.10. The monoisotopic (exact) mass is 282 g/mol. The van der Waals surface area contributed by atoms with Crippen LogP contribution in [0.5, 0.6) is 0 Å². The lowest BCUT2D eigenvalue weighted by Gasteiger charge is -2.38. The van der Waals surface area contributed by atoms with Gasteiger partial charge in [-0.2, -0.15) is 0 Å². The maximum absolute atomic E-state index is 12.5. The number of carboxylic acids is 1. The van der Waals surface area contributed by atoms with Crippen molar-refractivity contribution in [3.8, 4) is 0 Å². The Labute approximate surface area is 120 Å². The van der Waals surface area contributed by atoms with Crippen LogP contribution in [0.2, 0.25) is 0 Å². The van der Waals surface area contributed by atoms with E-state index in [9.17, 15) is 9.59 Å². The van der Waals surface area contributed by atoms with E-state index >= 15 is 0 Å². The topological polar surface area (TPSA) is 60.9 Å². The van der Waals surface area contributed by atoms with Crippen molar-refractivity contribution in [3.05, 3.63) is 0 Å². The molecule has 2 fully saturated rings. The van der Waals surface area contributed by atoms with Gasteiger partial charge in [-0.15, -0.1) is 0 Å². The zero-order valence-electron chi connectivity index (χ0n) is 12.4. The van der Waals surface area contributed by atoms with E-state index in [-0.39, 0.29) is 24.3 Å². The molecule has 5 nitrogen and oxygen atoms in total. The number of piperidine rings is 2. The molecule has 2 aliphatic rings. The molecule has 20 heavy (non-hydrogen) atoms. The molecule has 0 spiro atoms. The van der Waals surface area contributed by atoms with Crippen molar-refractivity contribution in [3.63, 3.8) is 0 Å². The average Bonchev–Trinajstić information content (AvgIpc) is 2.46. The van der Waals surface area contributed by atoms with E-state index in [1.54, 1.807) is 0 Å². The van der Waals surface area contributed by atoms with Crippen LogP contribution in [0.4, 0.5) is 0 Å². The third kappa shape index (κ3) is 3.95. The molecule has 2 heterocycles. The molecule has 2 rings (SSSR count). The molecule has 1 amide bonds. The number of likely N-dealkylation sites (tertiary alicyclic amines) is 2. The summed E-state index contributed by atoms with van der Waals surface area (Å²) in [5.41, 5.74) is 0. The molecule has 0 bridgehead atoms. The first kappa shape index (κ1) is 15.3.